The molecule has 3 aliphatic rings. The second-order valence-corrected chi connectivity index (χ2v) is 9.76. The lowest BCUT2D eigenvalue weighted by Crippen LogP contribution is -2.19. The number of amides is 2. The van der Waals surface area contributed by atoms with Crippen molar-refractivity contribution < 1.29 is 18.5 Å². The summed E-state index contributed by atoms with van der Waals surface area (Å²) in [5, 5.41) is 13.1. The standard InChI is InChI=1S/C20H25N5O4S/c1-28-10-14-11-29-19-17(9-22-25(14)19)30(21,27)24-20(26)23-18-15-6-2-4-12(15)8-13-5-3-7-16(13)18/h8-9,14H,2-7,10-11H2,1H3,(H3,21,23,24,26,27)/t14-,30?/m0/s1. The number of aryl methyl sites for hydroxylation is 2. The molecule has 1 unspecified atom stereocenters. The van der Waals surface area contributed by atoms with Crippen molar-refractivity contribution in [1.82, 2.24) is 9.78 Å². The number of nitrogens with one attached hydrogen (secondary N) is 1. The van der Waals surface area contributed by atoms with Crippen molar-refractivity contribution in [3.63, 3.8) is 0 Å². The van der Waals surface area contributed by atoms with Gasteiger partial charge in [0.25, 0.3) is 0 Å². The van der Waals surface area contributed by atoms with Gasteiger partial charge in [-0.2, -0.15) is 5.10 Å². The van der Waals surface area contributed by atoms with Gasteiger partial charge in [-0.1, -0.05) is 6.07 Å². The molecule has 1 aromatic carbocycles. The number of fused-ring (bicyclic) bond motifs is 3. The zero-order valence-corrected chi connectivity index (χ0v) is 17.7. The largest absolute Gasteiger partial charge is 0.475 e. The minimum absolute atomic E-state index is 0.125. The van der Waals surface area contributed by atoms with Crippen molar-refractivity contribution in [3.05, 3.63) is 34.5 Å². The third kappa shape index (κ3) is 3.19. The van der Waals surface area contributed by atoms with Crippen molar-refractivity contribution >= 4 is 21.6 Å². The van der Waals surface area contributed by atoms with Crippen LogP contribution in [0.5, 0.6) is 5.88 Å². The van der Waals surface area contributed by atoms with Crippen LogP contribution in [0.4, 0.5) is 10.5 Å². The first-order valence-corrected chi connectivity index (χ1v) is 11.8. The van der Waals surface area contributed by atoms with Crippen LogP contribution >= 0.6 is 0 Å². The number of methoxy groups -OCH3 is 1. The van der Waals surface area contributed by atoms with Gasteiger partial charge in [0, 0.05) is 12.8 Å². The first-order valence-electron chi connectivity index (χ1n) is 10.2. The molecule has 3 N–H and O–H groups in total. The molecule has 1 aromatic heterocycles. The molecule has 2 atom stereocenters. The maximum atomic E-state index is 13.1. The lowest BCUT2D eigenvalue weighted by Gasteiger charge is -2.15. The van der Waals surface area contributed by atoms with Crippen LogP contribution in [0.2, 0.25) is 0 Å². The fourth-order valence-electron chi connectivity index (χ4n) is 4.76. The van der Waals surface area contributed by atoms with Gasteiger partial charge in [-0.25, -0.2) is 18.8 Å². The van der Waals surface area contributed by atoms with Gasteiger partial charge in [-0.3, -0.25) is 0 Å². The molecule has 5 rings (SSSR count). The summed E-state index contributed by atoms with van der Waals surface area (Å²) in [6, 6.07) is 1.45. The number of benzene rings is 1. The minimum Gasteiger partial charge on any atom is -0.475 e. The molecule has 2 aliphatic carbocycles. The van der Waals surface area contributed by atoms with E-state index in [1.165, 1.54) is 28.5 Å². The van der Waals surface area contributed by atoms with E-state index < -0.39 is 15.9 Å². The molecule has 160 valence electrons. The molecule has 2 aromatic rings. The number of hydrogen-bond acceptors (Lipinski definition) is 5. The average molecular weight is 432 g/mol. The van der Waals surface area contributed by atoms with Crippen LogP contribution < -0.4 is 15.2 Å². The van der Waals surface area contributed by atoms with Gasteiger partial charge in [0.15, 0.2) is 9.92 Å². The average Bonchev–Trinajstić information content (AvgIpc) is 3.46. The molecule has 0 bridgehead atoms. The van der Waals surface area contributed by atoms with E-state index in [0.29, 0.717) is 13.2 Å². The van der Waals surface area contributed by atoms with Crippen LogP contribution in [0.25, 0.3) is 0 Å². The van der Waals surface area contributed by atoms with Gasteiger partial charge in [-0.15, -0.1) is 4.36 Å². The summed E-state index contributed by atoms with van der Waals surface area (Å²) in [6.07, 6.45) is 7.43. The number of nitrogens with two attached hydrogens (primary N) is 1. The highest BCUT2D eigenvalue weighted by molar-refractivity contribution is 7.91. The Balaban J connectivity index is 1.45. The first kappa shape index (κ1) is 19.5. The zero-order chi connectivity index (χ0) is 20.9. The fourth-order valence-corrected chi connectivity index (χ4v) is 5.75. The summed E-state index contributed by atoms with van der Waals surface area (Å²) >= 11 is 0. The molecular formula is C20H25N5O4S. The summed E-state index contributed by atoms with van der Waals surface area (Å²) in [5.74, 6) is 0.280. The number of ether oxygens (including phenoxy) is 2. The van der Waals surface area contributed by atoms with Gasteiger partial charge in [0.2, 0.25) is 5.88 Å². The molecule has 1 aliphatic heterocycles. The van der Waals surface area contributed by atoms with Crippen LogP contribution in [0.15, 0.2) is 21.5 Å². The van der Waals surface area contributed by atoms with Crippen molar-refractivity contribution in [2.24, 2.45) is 9.50 Å². The second kappa shape index (κ2) is 7.36. The predicted molar refractivity (Wildman–Crippen MR) is 111 cm³/mol. The minimum atomic E-state index is -3.51. The van der Waals surface area contributed by atoms with E-state index in [4.69, 9.17) is 14.6 Å². The molecule has 0 spiro atoms. The number of hydrogen-bond donors (Lipinski definition) is 2. The Hall–Kier alpha value is -2.43. The Bertz CT molecular complexity index is 1120. The smallest absolute Gasteiger partial charge is 0.354 e. The maximum Gasteiger partial charge on any atom is 0.354 e. The SMILES string of the molecule is COC[C@H]1COc2c(S(N)(=O)=NC(=O)Nc3c4c(cc5c3CCC5)CCC4)cnn21. The lowest BCUT2D eigenvalue weighted by atomic mass is 9.99. The normalized spacial score (nSPS) is 20.8. The molecule has 0 fully saturated rings. The number of carbonyl (C=O) groups excluding carboxylic acids is 1. The second-order valence-electron chi connectivity index (χ2n) is 8.00. The van der Waals surface area contributed by atoms with Gasteiger partial charge in [-0.05, 0) is 60.8 Å². The molecule has 30 heavy (non-hydrogen) atoms. The molecule has 0 saturated heterocycles. The molecular weight excluding hydrogens is 406 g/mol. The summed E-state index contributed by atoms with van der Waals surface area (Å²) < 4.78 is 29.3. The number of rotatable bonds is 4. The highest BCUT2D eigenvalue weighted by atomic mass is 32.2. The Kier molecular flexibility index (Phi) is 4.79. The number of anilines is 1. The van der Waals surface area contributed by atoms with Crippen molar-refractivity contribution in [1.29, 1.82) is 0 Å². The molecule has 10 heteroatoms. The van der Waals surface area contributed by atoms with Crippen LogP contribution in [0.1, 0.15) is 41.1 Å². The predicted octanol–water partition coefficient (Wildman–Crippen LogP) is 2.37. The quantitative estimate of drug-likeness (QED) is 0.770. The van der Waals surface area contributed by atoms with Gasteiger partial charge in [0.1, 0.15) is 17.5 Å². The van der Waals surface area contributed by atoms with E-state index in [2.05, 4.69) is 20.8 Å². The number of nitrogens with zero attached hydrogens (tertiary/aromatic N) is 3. The van der Waals surface area contributed by atoms with Crippen LogP contribution in [-0.2, 0) is 40.3 Å². The van der Waals surface area contributed by atoms with E-state index >= 15 is 0 Å². The van der Waals surface area contributed by atoms with E-state index in [9.17, 15) is 9.00 Å². The Morgan fingerprint density at radius 2 is 2.03 bits per heavy atom. The number of carbonyl (C=O) groups is 1. The third-order valence-electron chi connectivity index (χ3n) is 6.07. The van der Waals surface area contributed by atoms with E-state index in [0.717, 1.165) is 44.2 Å². The zero-order valence-electron chi connectivity index (χ0n) is 16.8. The molecule has 2 amide bonds. The highest BCUT2D eigenvalue weighted by Gasteiger charge is 2.32. The molecule has 0 saturated carbocycles. The van der Waals surface area contributed by atoms with E-state index in [1.54, 1.807) is 11.8 Å². The van der Waals surface area contributed by atoms with Crippen molar-refractivity contribution in [2.45, 2.75) is 49.5 Å². The molecule has 2 heterocycles. The van der Waals surface area contributed by atoms with Crippen molar-refractivity contribution in [2.75, 3.05) is 25.6 Å². The van der Waals surface area contributed by atoms with Gasteiger partial charge >= 0.3 is 6.03 Å². The van der Waals surface area contributed by atoms with Gasteiger partial charge < -0.3 is 14.8 Å². The summed E-state index contributed by atoms with van der Waals surface area (Å²) in [7, 11) is -1.93. The summed E-state index contributed by atoms with van der Waals surface area (Å²) in [4.78, 5) is 12.9. The number of urea groups is 1. The van der Waals surface area contributed by atoms with Gasteiger partial charge in [0.05, 0.1) is 12.8 Å². The van der Waals surface area contributed by atoms with Crippen LogP contribution in [0.3, 0.4) is 0 Å². The molecule has 0 radical (unpaired) electrons. The molecule has 9 nitrogen and oxygen atoms in total. The van der Waals surface area contributed by atoms with Crippen molar-refractivity contribution in [3.8, 4) is 5.88 Å². The highest BCUT2D eigenvalue weighted by Crippen LogP contribution is 2.39. The lowest BCUT2D eigenvalue weighted by molar-refractivity contribution is 0.145. The van der Waals surface area contributed by atoms with Crippen LogP contribution in [-0.4, -0.2) is 40.3 Å². The summed E-state index contributed by atoms with van der Waals surface area (Å²) in [6.45, 7) is 0.746. The van der Waals surface area contributed by atoms with Crippen LogP contribution in [0, 0.1) is 0 Å². The maximum absolute atomic E-state index is 13.1. The Labute approximate surface area is 175 Å². The third-order valence-corrected chi connectivity index (χ3v) is 7.42. The topological polar surface area (TPSA) is 121 Å². The monoisotopic (exact) mass is 431 g/mol. The number of aromatic nitrogens is 2. The Morgan fingerprint density at radius 1 is 1.33 bits per heavy atom. The fraction of sp³-hybridized carbons (Fsp3) is 0.500. The summed E-state index contributed by atoms with van der Waals surface area (Å²) in [5.41, 5.74) is 5.80. The Morgan fingerprint density at radius 3 is 2.70 bits per heavy atom. The van der Waals surface area contributed by atoms with E-state index in [1.807, 2.05) is 0 Å². The van der Waals surface area contributed by atoms with E-state index in [-0.39, 0.29) is 16.8 Å². The first-order chi connectivity index (χ1) is 14.5.